The number of fused-ring (bicyclic) bond motifs is 3. The monoisotopic (exact) mass is 342 g/mol. The average Bonchev–Trinajstić information content (AvgIpc) is 2.93. The summed E-state index contributed by atoms with van der Waals surface area (Å²) in [5, 5.41) is 11.2. The lowest BCUT2D eigenvalue weighted by Gasteiger charge is -2.08. The zero-order chi connectivity index (χ0) is 16.1. The van der Waals surface area contributed by atoms with E-state index in [0.717, 1.165) is 11.1 Å². The fourth-order valence-electron chi connectivity index (χ4n) is 3.17. The number of rotatable bonds is 1. The summed E-state index contributed by atoms with van der Waals surface area (Å²) >= 11 is 6.09. The quantitative estimate of drug-likeness (QED) is 0.540. The topological polar surface area (TPSA) is 76.1 Å². The average molecular weight is 343 g/mol. The third-order valence-electron chi connectivity index (χ3n) is 4.28. The molecule has 2 heterocycles. The van der Waals surface area contributed by atoms with Crippen LogP contribution in [-0.4, -0.2) is 15.1 Å². The van der Waals surface area contributed by atoms with Gasteiger partial charge in [0.1, 0.15) is 6.54 Å². The Kier molecular flexibility index (Phi) is 3.91. The van der Waals surface area contributed by atoms with Crippen molar-refractivity contribution in [2.24, 2.45) is 7.05 Å². The van der Waals surface area contributed by atoms with E-state index in [-0.39, 0.29) is 16.9 Å². The molecular weight excluding hydrogens is 328 g/mol. The molecule has 1 aromatic heterocycles. The lowest BCUT2D eigenvalue weighted by atomic mass is 10.1. The standard InChI is InChI=1S/C18H13ClN2O2.H2O/c1-20-16-14-9-13(19)8-7-12(14)10-21(16)18(23)15(17(20)22)11-5-3-2-4-6-11;/h2-9H,10H2,1H3;1H2. The van der Waals surface area contributed by atoms with Crippen molar-refractivity contribution in [1.29, 1.82) is 0 Å². The van der Waals surface area contributed by atoms with Crippen LogP contribution in [0.4, 0.5) is 0 Å². The van der Waals surface area contributed by atoms with E-state index in [1.54, 1.807) is 16.2 Å². The third-order valence-corrected chi connectivity index (χ3v) is 4.51. The van der Waals surface area contributed by atoms with Gasteiger partial charge in [0.15, 0.2) is 5.56 Å². The zero-order valence-electron chi connectivity index (χ0n) is 12.9. The summed E-state index contributed by atoms with van der Waals surface area (Å²) in [5.74, 6) is 0.630. The number of hydrogen-bond acceptors (Lipinski definition) is 3. The largest absolute Gasteiger partial charge is 0.870 e. The van der Waals surface area contributed by atoms with Gasteiger partial charge in [0.05, 0.1) is 12.6 Å². The Labute approximate surface area is 143 Å². The third kappa shape index (κ3) is 2.21. The number of benzene rings is 2. The number of aromatic nitrogens is 2. The highest BCUT2D eigenvalue weighted by atomic mass is 35.5. The van der Waals surface area contributed by atoms with Gasteiger partial charge in [-0.15, -0.1) is 0 Å². The minimum Gasteiger partial charge on any atom is -0.870 e. The minimum atomic E-state index is -0.200. The second kappa shape index (κ2) is 5.78. The normalized spacial score (nSPS) is 11.6. The molecule has 2 N–H and O–H groups in total. The van der Waals surface area contributed by atoms with Crippen molar-refractivity contribution in [3.05, 3.63) is 69.5 Å². The van der Waals surface area contributed by atoms with Gasteiger partial charge < -0.3 is 10.6 Å². The first-order chi connectivity index (χ1) is 11.1. The molecule has 0 spiro atoms. The zero-order valence-corrected chi connectivity index (χ0v) is 13.7. The van der Waals surface area contributed by atoms with Crippen molar-refractivity contribution in [2.75, 3.05) is 0 Å². The maximum absolute atomic E-state index is 12.9. The van der Waals surface area contributed by atoms with Crippen molar-refractivity contribution < 1.29 is 15.1 Å². The van der Waals surface area contributed by atoms with Crippen LogP contribution in [0.25, 0.3) is 22.5 Å². The van der Waals surface area contributed by atoms with E-state index in [1.165, 1.54) is 0 Å². The Hall–Kier alpha value is -2.63. The molecule has 0 aliphatic carbocycles. The van der Waals surface area contributed by atoms with E-state index < -0.39 is 0 Å². The fraction of sp³-hybridized carbons (Fsp3) is 0.111. The number of halogens is 1. The molecule has 0 saturated carbocycles. The number of nitrogens with zero attached hydrogens (tertiary/aromatic N) is 2. The Morgan fingerprint density at radius 2 is 1.88 bits per heavy atom. The van der Waals surface area contributed by atoms with E-state index in [1.807, 2.05) is 48.5 Å². The Morgan fingerprint density at radius 3 is 2.58 bits per heavy atom. The van der Waals surface area contributed by atoms with Crippen LogP contribution in [-0.2, 0) is 13.6 Å². The summed E-state index contributed by atoms with van der Waals surface area (Å²) in [6.07, 6.45) is 0. The molecule has 2 aromatic carbocycles. The summed E-state index contributed by atoms with van der Waals surface area (Å²) in [5.41, 5.74) is 2.72. The summed E-state index contributed by atoms with van der Waals surface area (Å²) in [7, 11) is 1.75. The molecule has 0 amide bonds. The van der Waals surface area contributed by atoms with Gasteiger partial charge in [-0.05, 0) is 17.7 Å². The van der Waals surface area contributed by atoms with Crippen molar-refractivity contribution in [1.82, 2.24) is 4.57 Å². The van der Waals surface area contributed by atoms with Gasteiger partial charge in [-0.1, -0.05) is 48.0 Å². The maximum atomic E-state index is 12.9. The van der Waals surface area contributed by atoms with Crippen LogP contribution >= 0.6 is 11.6 Å². The molecule has 122 valence electrons. The van der Waals surface area contributed by atoms with Gasteiger partial charge >= 0.3 is 5.56 Å². The molecule has 1 aliphatic heterocycles. The maximum Gasteiger partial charge on any atom is 0.349 e. The lowest BCUT2D eigenvalue weighted by molar-refractivity contribution is -0.670. The van der Waals surface area contributed by atoms with Crippen molar-refractivity contribution in [2.45, 2.75) is 6.54 Å². The summed E-state index contributed by atoms with van der Waals surface area (Å²) in [6, 6.07) is 14.8. The molecule has 0 atom stereocenters. The second-order valence-corrected chi connectivity index (χ2v) is 6.08. The summed E-state index contributed by atoms with van der Waals surface area (Å²) < 4.78 is 3.33. The molecule has 24 heavy (non-hydrogen) atoms. The molecule has 0 radical (unpaired) electrons. The van der Waals surface area contributed by atoms with Gasteiger partial charge in [-0.25, -0.2) is 4.79 Å². The second-order valence-electron chi connectivity index (χ2n) is 5.64. The molecule has 0 saturated heterocycles. The van der Waals surface area contributed by atoms with Crippen LogP contribution in [0.15, 0.2) is 53.3 Å². The predicted octanol–water partition coefficient (Wildman–Crippen LogP) is 2.55. The Balaban J connectivity index is 0.00000169. The molecule has 4 rings (SSSR count). The van der Waals surface area contributed by atoms with Crippen LogP contribution in [0.2, 0.25) is 5.02 Å². The highest BCUT2D eigenvalue weighted by Crippen LogP contribution is 2.33. The van der Waals surface area contributed by atoms with Gasteiger partial charge in [0, 0.05) is 10.6 Å². The Morgan fingerprint density at radius 1 is 1.17 bits per heavy atom. The molecule has 0 bridgehead atoms. The molecular formula is C18H15ClN2O3. The SMILES string of the molecule is C[n+]1c(O)c(-c2ccccc2)c(=O)n2c1-c1cc(Cl)ccc1C2.[OH-]. The molecule has 5 nitrogen and oxygen atoms in total. The van der Waals surface area contributed by atoms with Gasteiger partial charge in [0.2, 0.25) is 0 Å². The Bertz CT molecular complexity index is 997. The van der Waals surface area contributed by atoms with E-state index in [0.29, 0.717) is 28.5 Å². The van der Waals surface area contributed by atoms with E-state index >= 15 is 0 Å². The molecule has 0 fully saturated rings. The van der Waals surface area contributed by atoms with E-state index in [4.69, 9.17) is 11.6 Å². The highest BCUT2D eigenvalue weighted by Gasteiger charge is 2.34. The number of hydrogen-bond donors (Lipinski definition) is 1. The minimum absolute atomic E-state index is 0. The molecule has 0 unspecified atom stereocenters. The first-order valence-corrected chi connectivity index (χ1v) is 7.65. The molecule has 1 aliphatic rings. The van der Waals surface area contributed by atoms with Crippen LogP contribution in [0.1, 0.15) is 5.56 Å². The smallest absolute Gasteiger partial charge is 0.349 e. The van der Waals surface area contributed by atoms with Crippen LogP contribution in [0.3, 0.4) is 0 Å². The van der Waals surface area contributed by atoms with E-state index in [9.17, 15) is 9.90 Å². The summed E-state index contributed by atoms with van der Waals surface area (Å²) in [4.78, 5) is 12.9. The molecule has 6 heteroatoms. The van der Waals surface area contributed by atoms with Crippen molar-refractivity contribution in [3.63, 3.8) is 0 Å². The first kappa shape index (κ1) is 16.2. The first-order valence-electron chi connectivity index (χ1n) is 7.28. The fourth-order valence-corrected chi connectivity index (χ4v) is 3.34. The van der Waals surface area contributed by atoms with Crippen molar-refractivity contribution in [3.8, 4) is 28.4 Å². The van der Waals surface area contributed by atoms with Gasteiger partial charge in [-0.3, -0.25) is 0 Å². The predicted molar refractivity (Wildman–Crippen MR) is 90.5 cm³/mol. The van der Waals surface area contributed by atoms with Crippen LogP contribution < -0.4 is 10.1 Å². The van der Waals surface area contributed by atoms with Crippen molar-refractivity contribution >= 4 is 11.6 Å². The summed E-state index contributed by atoms with van der Waals surface area (Å²) in [6.45, 7) is 0.481. The molecule has 3 aromatic rings. The van der Waals surface area contributed by atoms with E-state index in [2.05, 4.69) is 0 Å². The van der Waals surface area contributed by atoms with Gasteiger partial charge in [-0.2, -0.15) is 9.13 Å². The lowest BCUT2D eigenvalue weighted by Crippen LogP contribution is -2.39. The number of aromatic hydroxyl groups is 1. The highest BCUT2D eigenvalue weighted by molar-refractivity contribution is 6.30. The van der Waals surface area contributed by atoms with Gasteiger partial charge in [0.25, 0.3) is 11.7 Å². The van der Waals surface area contributed by atoms with Crippen LogP contribution in [0.5, 0.6) is 5.88 Å². The van der Waals surface area contributed by atoms with Crippen LogP contribution in [0, 0.1) is 0 Å².